The molecule has 3 rings (SSSR count). The molecular formula is C19H23N3OS. The Bertz CT molecular complexity index is 636. The zero-order valence-electron chi connectivity index (χ0n) is 13.7. The molecule has 2 aromatic rings. The molecule has 1 fully saturated rings. The Kier molecular flexibility index (Phi) is 6.26. The van der Waals surface area contributed by atoms with Gasteiger partial charge in [-0.05, 0) is 36.6 Å². The van der Waals surface area contributed by atoms with E-state index in [0.29, 0.717) is 18.2 Å². The van der Waals surface area contributed by atoms with Crippen LogP contribution in [0.15, 0.2) is 59.8 Å². The number of thioether (sulfide) groups is 1. The number of carbonyl (C=O) groups excluding carboxylic acids is 1. The average molecular weight is 341 g/mol. The van der Waals surface area contributed by atoms with Crippen LogP contribution in [0.5, 0.6) is 0 Å². The number of amides is 1. The maximum atomic E-state index is 11.9. The van der Waals surface area contributed by atoms with E-state index in [1.54, 1.807) is 6.20 Å². The molecule has 2 heterocycles. The van der Waals surface area contributed by atoms with Crippen molar-refractivity contribution in [3.05, 3.63) is 60.3 Å². The van der Waals surface area contributed by atoms with E-state index < -0.39 is 0 Å². The van der Waals surface area contributed by atoms with Crippen LogP contribution in [0.25, 0.3) is 0 Å². The van der Waals surface area contributed by atoms with Crippen molar-refractivity contribution < 1.29 is 4.79 Å². The molecule has 0 radical (unpaired) electrons. The van der Waals surface area contributed by atoms with Crippen molar-refractivity contribution in [1.82, 2.24) is 15.2 Å². The Labute approximate surface area is 147 Å². The molecule has 126 valence electrons. The van der Waals surface area contributed by atoms with E-state index in [4.69, 9.17) is 0 Å². The number of hydrogen-bond acceptors (Lipinski definition) is 4. The maximum absolute atomic E-state index is 11.9. The van der Waals surface area contributed by atoms with Gasteiger partial charge in [-0.3, -0.25) is 4.79 Å². The fourth-order valence-electron chi connectivity index (χ4n) is 3.01. The quantitative estimate of drug-likeness (QED) is 0.787. The molecule has 5 heteroatoms. The summed E-state index contributed by atoms with van der Waals surface area (Å²) in [4.78, 5) is 18.5. The van der Waals surface area contributed by atoms with Crippen molar-refractivity contribution in [3.8, 4) is 0 Å². The number of likely N-dealkylation sites (tertiary alicyclic amines) is 1. The number of hydrogen-bond donors (Lipinski definition) is 1. The first-order valence-electron chi connectivity index (χ1n) is 8.39. The van der Waals surface area contributed by atoms with Gasteiger partial charge >= 0.3 is 0 Å². The molecular weight excluding hydrogens is 318 g/mol. The van der Waals surface area contributed by atoms with Crippen LogP contribution in [0.4, 0.5) is 0 Å². The fourth-order valence-corrected chi connectivity index (χ4v) is 3.70. The summed E-state index contributed by atoms with van der Waals surface area (Å²) < 4.78 is 0. The fraction of sp³-hybridized carbons (Fsp3) is 0.368. The van der Waals surface area contributed by atoms with Crippen molar-refractivity contribution in [2.45, 2.75) is 17.4 Å². The van der Waals surface area contributed by atoms with Crippen LogP contribution < -0.4 is 5.32 Å². The Morgan fingerprint density at radius 3 is 2.83 bits per heavy atom. The number of aromatic nitrogens is 1. The molecule has 1 aliphatic heterocycles. The summed E-state index contributed by atoms with van der Waals surface area (Å²) in [5.74, 6) is 1.12. The minimum atomic E-state index is 0.0736. The smallest absolute Gasteiger partial charge is 0.230 e. The van der Waals surface area contributed by atoms with Crippen LogP contribution in [0.2, 0.25) is 0 Å². The first-order valence-corrected chi connectivity index (χ1v) is 9.37. The van der Waals surface area contributed by atoms with Crippen LogP contribution in [0.1, 0.15) is 17.9 Å². The molecule has 1 atom stereocenters. The molecule has 4 nitrogen and oxygen atoms in total. The Morgan fingerprint density at radius 1 is 1.21 bits per heavy atom. The third kappa shape index (κ3) is 5.08. The van der Waals surface area contributed by atoms with Crippen molar-refractivity contribution >= 4 is 17.7 Å². The molecule has 0 bridgehead atoms. The van der Waals surface area contributed by atoms with Crippen molar-refractivity contribution in [2.75, 3.05) is 31.9 Å². The van der Waals surface area contributed by atoms with E-state index in [0.717, 1.165) is 24.7 Å². The third-order valence-corrected chi connectivity index (χ3v) is 5.23. The zero-order valence-corrected chi connectivity index (χ0v) is 14.5. The van der Waals surface area contributed by atoms with Crippen LogP contribution >= 0.6 is 11.8 Å². The number of carbonyl (C=O) groups is 1. The average Bonchev–Trinajstić information content (AvgIpc) is 3.11. The molecule has 0 aliphatic carbocycles. The van der Waals surface area contributed by atoms with Gasteiger partial charge in [0.25, 0.3) is 0 Å². The largest absolute Gasteiger partial charge is 0.354 e. The second kappa shape index (κ2) is 8.85. The number of benzene rings is 1. The van der Waals surface area contributed by atoms with E-state index in [2.05, 4.69) is 45.5 Å². The molecule has 1 saturated heterocycles. The normalized spacial score (nSPS) is 17.8. The van der Waals surface area contributed by atoms with Crippen LogP contribution in [-0.2, 0) is 4.79 Å². The van der Waals surface area contributed by atoms with Crippen LogP contribution in [0, 0.1) is 0 Å². The number of nitrogens with zero attached hydrogens (tertiary/aromatic N) is 2. The topological polar surface area (TPSA) is 45.2 Å². The van der Waals surface area contributed by atoms with Gasteiger partial charge in [-0.15, -0.1) is 0 Å². The highest BCUT2D eigenvalue weighted by Gasteiger charge is 2.23. The van der Waals surface area contributed by atoms with E-state index >= 15 is 0 Å². The minimum absolute atomic E-state index is 0.0736. The van der Waals surface area contributed by atoms with Crippen LogP contribution in [-0.4, -0.2) is 47.7 Å². The van der Waals surface area contributed by atoms with E-state index in [1.165, 1.54) is 23.7 Å². The summed E-state index contributed by atoms with van der Waals surface area (Å²) in [7, 11) is 0. The minimum Gasteiger partial charge on any atom is -0.354 e. The number of pyridine rings is 1. The van der Waals surface area contributed by atoms with E-state index in [-0.39, 0.29) is 5.91 Å². The summed E-state index contributed by atoms with van der Waals surface area (Å²) in [6, 6.07) is 16.4. The van der Waals surface area contributed by atoms with Gasteiger partial charge in [0.2, 0.25) is 5.91 Å². The van der Waals surface area contributed by atoms with Crippen molar-refractivity contribution in [2.24, 2.45) is 0 Å². The molecule has 0 saturated carbocycles. The highest BCUT2D eigenvalue weighted by molar-refractivity contribution is 7.99. The lowest BCUT2D eigenvalue weighted by Gasteiger charge is -2.16. The summed E-state index contributed by atoms with van der Waals surface area (Å²) in [5.41, 5.74) is 1.43. The molecule has 0 unspecified atom stereocenters. The summed E-state index contributed by atoms with van der Waals surface area (Å²) in [5, 5.41) is 3.89. The van der Waals surface area contributed by atoms with Gasteiger partial charge < -0.3 is 10.2 Å². The highest BCUT2D eigenvalue weighted by atomic mass is 32.2. The van der Waals surface area contributed by atoms with Gasteiger partial charge in [-0.25, -0.2) is 4.98 Å². The SMILES string of the molecule is O=C(CSc1ccccn1)NCCN1CC[C@@H](c2ccccc2)C1. The maximum Gasteiger partial charge on any atom is 0.230 e. The molecule has 1 amide bonds. The van der Waals surface area contributed by atoms with Crippen molar-refractivity contribution in [3.63, 3.8) is 0 Å². The lowest BCUT2D eigenvalue weighted by atomic mass is 9.99. The summed E-state index contributed by atoms with van der Waals surface area (Å²) in [6.45, 7) is 3.83. The van der Waals surface area contributed by atoms with Gasteiger partial charge in [0.15, 0.2) is 0 Å². The molecule has 1 aromatic heterocycles. The summed E-state index contributed by atoms with van der Waals surface area (Å²) in [6.07, 6.45) is 2.95. The summed E-state index contributed by atoms with van der Waals surface area (Å²) >= 11 is 1.47. The number of nitrogens with one attached hydrogen (secondary N) is 1. The van der Waals surface area contributed by atoms with Crippen molar-refractivity contribution in [1.29, 1.82) is 0 Å². The highest BCUT2D eigenvalue weighted by Crippen LogP contribution is 2.26. The third-order valence-electron chi connectivity index (χ3n) is 4.28. The van der Waals surface area contributed by atoms with E-state index in [1.807, 2.05) is 18.2 Å². The standard InChI is InChI=1S/C19H23N3OS/c23-18(15-24-19-8-4-5-10-21-19)20-11-13-22-12-9-17(14-22)16-6-2-1-3-7-16/h1-8,10,17H,9,11-15H2,(H,20,23)/t17-/m1/s1. The predicted octanol–water partition coefficient (Wildman–Crippen LogP) is 2.78. The first kappa shape index (κ1) is 17.0. The molecule has 0 spiro atoms. The zero-order chi connectivity index (χ0) is 16.6. The number of rotatable bonds is 7. The second-order valence-electron chi connectivity index (χ2n) is 6.00. The van der Waals surface area contributed by atoms with Gasteiger partial charge in [-0.1, -0.05) is 48.2 Å². The van der Waals surface area contributed by atoms with Gasteiger partial charge in [0.1, 0.15) is 0 Å². The first-order chi connectivity index (χ1) is 11.8. The molecule has 1 aromatic carbocycles. The molecule has 1 N–H and O–H groups in total. The Hall–Kier alpha value is -1.85. The van der Waals surface area contributed by atoms with Crippen LogP contribution in [0.3, 0.4) is 0 Å². The molecule has 24 heavy (non-hydrogen) atoms. The Balaban J connectivity index is 1.33. The Morgan fingerprint density at radius 2 is 2.04 bits per heavy atom. The van der Waals surface area contributed by atoms with Gasteiger partial charge in [-0.2, -0.15) is 0 Å². The lowest BCUT2D eigenvalue weighted by molar-refractivity contribution is -0.118. The molecule has 1 aliphatic rings. The predicted molar refractivity (Wildman–Crippen MR) is 98.2 cm³/mol. The lowest BCUT2D eigenvalue weighted by Crippen LogP contribution is -2.34. The van der Waals surface area contributed by atoms with Gasteiger partial charge in [0, 0.05) is 25.8 Å². The monoisotopic (exact) mass is 341 g/mol. The van der Waals surface area contributed by atoms with E-state index in [9.17, 15) is 4.79 Å². The second-order valence-corrected chi connectivity index (χ2v) is 7.00. The van der Waals surface area contributed by atoms with Gasteiger partial charge in [0.05, 0.1) is 10.8 Å².